The number of benzene rings is 1. The van der Waals surface area contributed by atoms with Crippen LogP contribution in [0.4, 0.5) is 10.1 Å². The molecule has 1 heterocycles. The van der Waals surface area contributed by atoms with Crippen molar-refractivity contribution in [3.63, 3.8) is 0 Å². The van der Waals surface area contributed by atoms with E-state index in [4.69, 9.17) is 5.11 Å². The molecule has 2 rings (SSSR count). The highest BCUT2D eigenvalue weighted by atomic mass is 19.1. The van der Waals surface area contributed by atoms with Crippen molar-refractivity contribution >= 4 is 11.7 Å². The normalized spacial score (nSPS) is 10.4. The minimum atomic E-state index is -1.25. The largest absolute Gasteiger partial charge is 0.477 e. The molecule has 0 atom stereocenters. The summed E-state index contributed by atoms with van der Waals surface area (Å²) in [5.74, 6) is -1.66. The minimum absolute atomic E-state index is 0.121. The molecule has 7 heteroatoms. The van der Waals surface area contributed by atoms with Crippen molar-refractivity contribution in [3.05, 3.63) is 63.7 Å². The number of rotatable bonds is 4. The van der Waals surface area contributed by atoms with Gasteiger partial charge in [0, 0.05) is 12.6 Å². The third-order valence-corrected chi connectivity index (χ3v) is 2.58. The Morgan fingerprint density at radius 3 is 2.53 bits per heavy atom. The number of nitro groups is 1. The maximum atomic E-state index is 12.8. The first-order valence-electron chi connectivity index (χ1n) is 5.29. The number of halogens is 1. The smallest absolute Gasteiger partial charge is 0.352 e. The van der Waals surface area contributed by atoms with Crippen molar-refractivity contribution in [2.75, 3.05) is 0 Å². The third kappa shape index (κ3) is 2.76. The van der Waals surface area contributed by atoms with Gasteiger partial charge in [-0.15, -0.1) is 0 Å². The van der Waals surface area contributed by atoms with Crippen molar-refractivity contribution in [2.45, 2.75) is 6.54 Å². The fourth-order valence-electron chi connectivity index (χ4n) is 1.69. The molecular weight excluding hydrogens is 255 g/mol. The van der Waals surface area contributed by atoms with Crippen LogP contribution in [0.1, 0.15) is 16.1 Å². The van der Waals surface area contributed by atoms with Gasteiger partial charge in [-0.25, -0.2) is 9.18 Å². The molecule has 0 saturated carbocycles. The van der Waals surface area contributed by atoms with Gasteiger partial charge in [0.1, 0.15) is 11.5 Å². The number of hydrogen-bond acceptors (Lipinski definition) is 3. The molecule has 0 bridgehead atoms. The molecule has 0 unspecified atom stereocenters. The van der Waals surface area contributed by atoms with Crippen LogP contribution in [0.15, 0.2) is 36.5 Å². The summed E-state index contributed by atoms with van der Waals surface area (Å²) in [6.45, 7) is 0.121. The lowest BCUT2D eigenvalue weighted by Gasteiger charge is -2.05. The molecule has 0 spiro atoms. The van der Waals surface area contributed by atoms with E-state index in [1.54, 1.807) is 0 Å². The van der Waals surface area contributed by atoms with Crippen LogP contribution in [-0.4, -0.2) is 20.6 Å². The van der Waals surface area contributed by atoms with E-state index in [1.807, 2.05) is 0 Å². The zero-order valence-corrected chi connectivity index (χ0v) is 9.62. The number of hydrogen-bond donors (Lipinski definition) is 1. The average Bonchev–Trinajstić information content (AvgIpc) is 2.76. The molecule has 0 radical (unpaired) electrons. The Morgan fingerprint density at radius 1 is 1.37 bits per heavy atom. The molecule has 0 amide bonds. The van der Waals surface area contributed by atoms with Gasteiger partial charge < -0.3 is 9.67 Å². The van der Waals surface area contributed by atoms with Crippen LogP contribution in [0.3, 0.4) is 0 Å². The third-order valence-electron chi connectivity index (χ3n) is 2.58. The fraction of sp³-hybridized carbons (Fsp3) is 0.0833. The van der Waals surface area contributed by atoms with Gasteiger partial charge in [0.25, 0.3) is 5.69 Å². The fourth-order valence-corrected chi connectivity index (χ4v) is 1.69. The molecule has 6 nitrogen and oxygen atoms in total. The maximum absolute atomic E-state index is 12.8. The highest BCUT2D eigenvalue weighted by Gasteiger charge is 2.18. The number of aromatic nitrogens is 1. The van der Waals surface area contributed by atoms with E-state index in [0.29, 0.717) is 5.56 Å². The molecule has 1 aromatic heterocycles. The molecule has 0 aliphatic rings. The van der Waals surface area contributed by atoms with Gasteiger partial charge >= 0.3 is 5.97 Å². The molecule has 0 saturated heterocycles. The Labute approximate surface area is 106 Å². The van der Waals surface area contributed by atoms with Crippen LogP contribution in [0, 0.1) is 15.9 Å². The monoisotopic (exact) mass is 264 g/mol. The van der Waals surface area contributed by atoms with Crippen LogP contribution in [0.25, 0.3) is 0 Å². The summed E-state index contributed by atoms with van der Waals surface area (Å²) in [6, 6.07) is 6.47. The first-order chi connectivity index (χ1) is 8.97. The van der Waals surface area contributed by atoms with Crippen LogP contribution < -0.4 is 0 Å². The predicted molar refractivity (Wildman–Crippen MR) is 63.5 cm³/mol. The molecule has 19 heavy (non-hydrogen) atoms. The van der Waals surface area contributed by atoms with Gasteiger partial charge in [-0.05, 0) is 17.7 Å². The Hall–Kier alpha value is -2.70. The highest BCUT2D eigenvalue weighted by Crippen LogP contribution is 2.18. The number of aromatic carboxylic acids is 1. The SMILES string of the molecule is O=C(O)c1cc([N+](=O)[O-])cn1Cc1ccc(F)cc1. The summed E-state index contributed by atoms with van der Waals surface area (Å²) in [4.78, 5) is 21.0. The molecule has 98 valence electrons. The molecule has 0 aliphatic heterocycles. The second kappa shape index (κ2) is 4.89. The number of carbonyl (C=O) groups is 1. The number of carboxylic acids is 1. The summed E-state index contributed by atoms with van der Waals surface area (Å²) >= 11 is 0. The molecule has 1 N–H and O–H groups in total. The zero-order valence-electron chi connectivity index (χ0n) is 9.62. The first-order valence-corrected chi connectivity index (χ1v) is 5.29. The minimum Gasteiger partial charge on any atom is -0.477 e. The van der Waals surface area contributed by atoms with Crippen molar-refractivity contribution < 1.29 is 19.2 Å². The van der Waals surface area contributed by atoms with E-state index in [1.165, 1.54) is 28.8 Å². The number of carboxylic acid groups (broad SMARTS) is 1. The number of nitrogens with zero attached hydrogens (tertiary/aromatic N) is 2. The summed E-state index contributed by atoms with van der Waals surface area (Å²) < 4.78 is 14.0. The van der Waals surface area contributed by atoms with Crippen LogP contribution in [-0.2, 0) is 6.54 Å². The van der Waals surface area contributed by atoms with E-state index in [0.717, 1.165) is 12.3 Å². The van der Waals surface area contributed by atoms with Crippen molar-refractivity contribution in [1.82, 2.24) is 4.57 Å². The van der Waals surface area contributed by atoms with Crippen LogP contribution in [0.2, 0.25) is 0 Å². The van der Waals surface area contributed by atoms with E-state index >= 15 is 0 Å². The molecule has 0 fully saturated rings. The van der Waals surface area contributed by atoms with Gasteiger partial charge in [0.05, 0.1) is 11.1 Å². The van der Waals surface area contributed by atoms with Crippen molar-refractivity contribution in [3.8, 4) is 0 Å². The Kier molecular flexibility index (Phi) is 3.28. The standard InChI is InChI=1S/C12H9FN2O4/c13-9-3-1-8(2-4-9)6-14-7-10(15(18)19)5-11(14)12(16)17/h1-5,7H,6H2,(H,16,17). The lowest BCUT2D eigenvalue weighted by atomic mass is 10.2. The summed E-state index contributed by atoms with van der Waals surface area (Å²) in [6.07, 6.45) is 1.15. The van der Waals surface area contributed by atoms with Gasteiger partial charge in [0.2, 0.25) is 0 Å². The van der Waals surface area contributed by atoms with Crippen molar-refractivity contribution in [1.29, 1.82) is 0 Å². The van der Waals surface area contributed by atoms with E-state index < -0.39 is 16.7 Å². The highest BCUT2D eigenvalue weighted by molar-refractivity contribution is 5.86. The lowest BCUT2D eigenvalue weighted by molar-refractivity contribution is -0.384. The molecule has 2 aromatic rings. The van der Waals surface area contributed by atoms with E-state index in [2.05, 4.69) is 0 Å². The van der Waals surface area contributed by atoms with E-state index in [9.17, 15) is 19.3 Å². The van der Waals surface area contributed by atoms with Gasteiger partial charge in [-0.1, -0.05) is 12.1 Å². The van der Waals surface area contributed by atoms with Gasteiger partial charge in [0.15, 0.2) is 0 Å². The van der Waals surface area contributed by atoms with Gasteiger partial charge in [-0.2, -0.15) is 0 Å². The Balaban J connectivity index is 2.35. The molecule has 0 aliphatic carbocycles. The lowest BCUT2D eigenvalue weighted by Crippen LogP contribution is -2.08. The Bertz CT molecular complexity index is 634. The van der Waals surface area contributed by atoms with Crippen molar-refractivity contribution in [2.24, 2.45) is 0 Å². The molecule has 1 aromatic carbocycles. The van der Waals surface area contributed by atoms with Crippen LogP contribution in [0.5, 0.6) is 0 Å². The summed E-state index contributed by atoms with van der Waals surface area (Å²) in [5.41, 5.74) is 0.171. The summed E-state index contributed by atoms with van der Waals surface area (Å²) in [7, 11) is 0. The average molecular weight is 264 g/mol. The maximum Gasteiger partial charge on any atom is 0.352 e. The predicted octanol–water partition coefficient (Wildman–Crippen LogP) is 2.28. The molecular formula is C12H9FN2O4. The first kappa shape index (κ1) is 12.7. The van der Waals surface area contributed by atoms with Gasteiger partial charge in [-0.3, -0.25) is 10.1 Å². The topological polar surface area (TPSA) is 85.4 Å². The van der Waals surface area contributed by atoms with E-state index in [-0.39, 0.29) is 17.9 Å². The zero-order chi connectivity index (χ0) is 14.0. The second-order valence-corrected chi connectivity index (χ2v) is 3.90. The second-order valence-electron chi connectivity index (χ2n) is 3.90. The quantitative estimate of drug-likeness (QED) is 0.678. The Morgan fingerprint density at radius 2 is 2.00 bits per heavy atom. The van der Waals surface area contributed by atoms with Crippen LogP contribution >= 0.6 is 0 Å². The summed E-state index contributed by atoms with van der Waals surface area (Å²) in [5, 5.41) is 19.6.